The molecule has 1 aliphatic heterocycles. The van der Waals surface area contributed by atoms with E-state index >= 15 is 0 Å². The summed E-state index contributed by atoms with van der Waals surface area (Å²) in [5.41, 5.74) is 0.965. The van der Waals surface area contributed by atoms with E-state index in [4.69, 9.17) is 9.73 Å². The quantitative estimate of drug-likeness (QED) is 0.609. The fraction of sp³-hybridized carbons (Fsp3) is 0.632. The van der Waals surface area contributed by atoms with Crippen LogP contribution in [0.1, 0.15) is 26.3 Å². The summed E-state index contributed by atoms with van der Waals surface area (Å²) < 4.78 is 5.09. The first-order chi connectivity index (χ1) is 12.0. The molecule has 1 aromatic rings. The summed E-state index contributed by atoms with van der Waals surface area (Å²) in [6.07, 6.45) is 0. The van der Waals surface area contributed by atoms with Crippen LogP contribution in [0.5, 0.6) is 11.5 Å². The van der Waals surface area contributed by atoms with Crippen molar-refractivity contribution < 1.29 is 9.84 Å². The first kappa shape index (κ1) is 19.4. The van der Waals surface area contributed by atoms with E-state index in [0.29, 0.717) is 18.2 Å². The molecule has 2 rings (SSSR count). The molecule has 0 amide bonds. The van der Waals surface area contributed by atoms with Gasteiger partial charge in [-0.1, -0.05) is 19.9 Å². The molecule has 1 aliphatic rings. The highest BCUT2D eigenvalue weighted by Gasteiger charge is 2.19. The lowest BCUT2D eigenvalue weighted by atomic mass is 10.2. The third kappa shape index (κ3) is 5.81. The Hall–Kier alpha value is -1.95. The topological polar surface area (TPSA) is 60.3 Å². The van der Waals surface area contributed by atoms with Crippen LogP contribution in [-0.2, 0) is 6.54 Å². The summed E-state index contributed by atoms with van der Waals surface area (Å²) in [6, 6.07) is 5.43. The number of hydrogen-bond donors (Lipinski definition) is 2. The van der Waals surface area contributed by atoms with Gasteiger partial charge in [0.2, 0.25) is 0 Å². The molecule has 2 N–H and O–H groups in total. The van der Waals surface area contributed by atoms with Gasteiger partial charge in [0, 0.05) is 39.3 Å². The fourth-order valence-corrected chi connectivity index (χ4v) is 3.08. The molecule has 1 fully saturated rings. The van der Waals surface area contributed by atoms with Gasteiger partial charge < -0.3 is 20.1 Å². The molecule has 1 aromatic carbocycles. The molecule has 0 radical (unpaired) electrons. The first-order valence-electron chi connectivity index (χ1n) is 9.15. The van der Waals surface area contributed by atoms with Crippen molar-refractivity contribution in [2.45, 2.75) is 27.3 Å². The summed E-state index contributed by atoms with van der Waals surface area (Å²) in [5, 5.41) is 13.3. The van der Waals surface area contributed by atoms with E-state index in [1.807, 2.05) is 6.07 Å². The van der Waals surface area contributed by atoms with E-state index in [9.17, 15) is 5.11 Å². The van der Waals surface area contributed by atoms with Crippen molar-refractivity contribution in [3.63, 3.8) is 0 Å². The number of ether oxygens (including phenoxy) is 1. The van der Waals surface area contributed by atoms with Gasteiger partial charge >= 0.3 is 0 Å². The Kier molecular flexibility index (Phi) is 7.37. The molecular formula is C19H32N4O2. The Balaban J connectivity index is 1.98. The second-order valence-electron chi connectivity index (χ2n) is 6.86. The standard InChI is InChI=1S/C19H32N4O2/c1-5-20-19(23-10-8-22(9-11-23)14-15(2)3)21-13-16-6-7-18(25-4)17(24)12-16/h6-7,12,15,24H,5,8-11,13-14H2,1-4H3,(H,20,21). The fourth-order valence-electron chi connectivity index (χ4n) is 3.08. The third-order valence-electron chi connectivity index (χ3n) is 4.28. The highest BCUT2D eigenvalue weighted by atomic mass is 16.5. The molecule has 0 spiro atoms. The van der Waals surface area contributed by atoms with Crippen molar-refractivity contribution in [1.82, 2.24) is 15.1 Å². The number of rotatable bonds is 6. The van der Waals surface area contributed by atoms with Gasteiger partial charge in [0.25, 0.3) is 0 Å². The number of aromatic hydroxyl groups is 1. The summed E-state index contributed by atoms with van der Waals surface area (Å²) in [4.78, 5) is 9.59. The molecule has 1 saturated heterocycles. The summed E-state index contributed by atoms with van der Waals surface area (Å²) in [6.45, 7) is 13.3. The lowest BCUT2D eigenvalue weighted by molar-refractivity contribution is 0.164. The Morgan fingerprint density at radius 3 is 2.56 bits per heavy atom. The van der Waals surface area contributed by atoms with Crippen molar-refractivity contribution in [2.75, 3.05) is 46.4 Å². The van der Waals surface area contributed by atoms with E-state index < -0.39 is 0 Å². The highest BCUT2D eigenvalue weighted by molar-refractivity contribution is 5.80. The van der Waals surface area contributed by atoms with Crippen molar-refractivity contribution in [3.8, 4) is 11.5 Å². The second kappa shape index (κ2) is 9.51. The zero-order chi connectivity index (χ0) is 18.2. The van der Waals surface area contributed by atoms with E-state index in [1.54, 1.807) is 19.2 Å². The zero-order valence-corrected chi connectivity index (χ0v) is 16.0. The van der Waals surface area contributed by atoms with Crippen molar-refractivity contribution in [3.05, 3.63) is 23.8 Å². The molecule has 0 bridgehead atoms. The number of piperazine rings is 1. The van der Waals surface area contributed by atoms with Crippen molar-refractivity contribution in [1.29, 1.82) is 0 Å². The van der Waals surface area contributed by atoms with Gasteiger partial charge in [-0.2, -0.15) is 0 Å². The molecule has 0 unspecified atom stereocenters. The highest BCUT2D eigenvalue weighted by Crippen LogP contribution is 2.26. The lowest BCUT2D eigenvalue weighted by Crippen LogP contribution is -2.53. The van der Waals surface area contributed by atoms with Crippen LogP contribution in [-0.4, -0.2) is 67.2 Å². The summed E-state index contributed by atoms with van der Waals surface area (Å²) >= 11 is 0. The Morgan fingerprint density at radius 1 is 1.28 bits per heavy atom. The molecule has 6 nitrogen and oxygen atoms in total. The maximum atomic E-state index is 9.90. The molecule has 0 aromatic heterocycles. The van der Waals surface area contributed by atoms with Crippen molar-refractivity contribution in [2.24, 2.45) is 10.9 Å². The van der Waals surface area contributed by atoms with Crippen LogP contribution >= 0.6 is 0 Å². The van der Waals surface area contributed by atoms with Gasteiger partial charge in [0.1, 0.15) is 0 Å². The van der Waals surface area contributed by atoms with Crippen LogP contribution in [0.25, 0.3) is 0 Å². The predicted molar refractivity (Wildman–Crippen MR) is 102 cm³/mol. The molecule has 1 heterocycles. The smallest absolute Gasteiger partial charge is 0.194 e. The molecule has 6 heteroatoms. The van der Waals surface area contributed by atoms with Gasteiger partial charge in [-0.25, -0.2) is 4.99 Å². The second-order valence-corrected chi connectivity index (χ2v) is 6.86. The Bertz CT molecular complexity index is 567. The number of methoxy groups -OCH3 is 1. The predicted octanol–water partition coefficient (Wildman–Crippen LogP) is 2.14. The van der Waals surface area contributed by atoms with E-state index in [0.717, 1.165) is 50.8 Å². The van der Waals surface area contributed by atoms with Crippen LogP contribution in [0.4, 0.5) is 0 Å². The van der Waals surface area contributed by atoms with Crippen LogP contribution in [0.15, 0.2) is 23.2 Å². The summed E-state index contributed by atoms with van der Waals surface area (Å²) in [5.74, 6) is 2.29. The van der Waals surface area contributed by atoms with Crippen LogP contribution < -0.4 is 10.1 Å². The number of phenolic OH excluding ortho intramolecular Hbond substituents is 1. The number of nitrogens with zero attached hydrogens (tertiary/aromatic N) is 3. The van der Waals surface area contributed by atoms with Gasteiger partial charge in [-0.3, -0.25) is 4.90 Å². The molecular weight excluding hydrogens is 316 g/mol. The van der Waals surface area contributed by atoms with Gasteiger partial charge in [0.15, 0.2) is 17.5 Å². The van der Waals surface area contributed by atoms with E-state index in [1.165, 1.54) is 0 Å². The average molecular weight is 348 g/mol. The number of benzene rings is 1. The van der Waals surface area contributed by atoms with Crippen LogP contribution in [0.3, 0.4) is 0 Å². The summed E-state index contributed by atoms with van der Waals surface area (Å²) in [7, 11) is 1.55. The third-order valence-corrected chi connectivity index (χ3v) is 4.28. The first-order valence-corrected chi connectivity index (χ1v) is 9.15. The number of hydrogen-bond acceptors (Lipinski definition) is 4. The minimum absolute atomic E-state index is 0.155. The molecule has 25 heavy (non-hydrogen) atoms. The number of guanidine groups is 1. The monoisotopic (exact) mass is 348 g/mol. The minimum atomic E-state index is 0.155. The normalized spacial score (nSPS) is 16.4. The Labute approximate surface area is 151 Å². The van der Waals surface area contributed by atoms with E-state index in [2.05, 4.69) is 35.9 Å². The minimum Gasteiger partial charge on any atom is -0.504 e. The molecule has 0 aliphatic carbocycles. The van der Waals surface area contributed by atoms with Crippen molar-refractivity contribution >= 4 is 5.96 Å². The lowest BCUT2D eigenvalue weighted by Gasteiger charge is -2.37. The molecule has 0 saturated carbocycles. The maximum absolute atomic E-state index is 9.90. The zero-order valence-electron chi connectivity index (χ0n) is 16.0. The number of phenols is 1. The van der Waals surface area contributed by atoms with Gasteiger partial charge in [-0.15, -0.1) is 0 Å². The number of aliphatic imine (C=N–C) groups is 1. The van der Waals surface area contributed by atoms with Gasteiger partial charge in [-0.05, 0) is 30.5 Å². The SMILES string of the molecule is CCNC(=NCc1ccc(OC)c(O)c1)N1CCN(CC(C)C)CC1. The Morgan fingerprint density at radius 2 is 2.00 bits per heavy atom. The molecule has 0 atom stereocenters. The molecule has 140 valence electrons. The van der Waals surface area contributed by atoms with Gasteiger partial charge in [0.05, 0.1) is 13.7 Å². The number of nitrogens with one attached hydrogen (secondary N) is 1. The average Bonchev–Trinajstić information content (AvgIpc) is 2.59. The maximum Gasteiger partial charge on any atom is 0.194 e. The van der Waals surface area contributed by atoms with E-state index in [-0.39, 0.29) is 5.75 Å². The largest absolute Gasteiger partial charge is 0.504 e. The van der Waals surface area contributed by atoms with Crippen LogP contribution in [0.2, 0.25) is 0 Å². The van der Waals surface area contributed by atoms with Crippen LogP contribution in [0, 0.1) is 5.92 Å².